The maximum atomic E-state index is 12.7. The van der Waals surface area contributed by atoms with Crippen LogP contribution in [0.15, 0.2) is 18.2 Å². The summed E-state index contributed by atoms with van der Waals surface area (Å²) in [4.78, 5) is 11.3. The summed E-state index contributed by atoms with van der Waals surface area (Å²) >= 11 is 0. The van der Waals surface area contributed by atoms with Crippen LogP contribution in [0.3, 0.4) is 0 Å². The molecule has 1 rings (SSSR count). The summed E-state index contributed by atoms with van der Waals surface area (Å²) in [5.41, 5.74) is 0.109. The van der Waals surface area contributed by atoms with E-state index in [4.69, 9.17) is 4.74 Å². The fourth-order valence-corrected chi connectivity index (χ4v) is 1.27. The lowest BCUT2D eigenvalue weighted by Gasteiger charge is -2.17. The Bertz CT molecular complexity index is 477. The summed E-state index contributed by atoms with van der Waals surface area (Å²) in [6.45, 7) is -1.50. The van der Waals surface area contributed by atoms with Crippen LogP contribution in [0.2, 0.25) is 0 Å². The zero-order valence-electron chi connectivity index (χ0n) is 10.7. The fraction of sp³-hybridized carbons (Fsp3) is 0.417. The standard InChI is InChI=1S/C12H12F4O4/c1-18-9-5-7(10(17)19-2)3-4-8(9)20-6-12(15,16)11(13)14/h3-5,11H,6H2,1-2H3. The Morgan fingerprint density at radius 3 is 2.40 bits per heavy atom. The number of benzene rings is 1. The van der Waals surface area contributed by atoms with Gasteiger partial charge in [-0.25, -0.2) is 13.6 Å². The second-order valence-corrected chi connectivity index (χ2v) is 3.71. The molecule has 1 aromatic carbocycles. The van der Waals surface area contributed by atoms with Gasteiger partial charge in [0, 0.05) is 0 Å². The summed E-state index contributed by atoms with van der Waals surface area (Å²) in [6.07, 6.45) is -3.83. The minimum Gasteiger partial charge on any atom is -0.493 e. The maximum Gasteiger partial charge on any atom is 0.340 e. The van der Waals surface area contributed by atoms with Crippen molar-refractivity contribution >= 4 is 5.97 Å². The lowest BCUT2D eigenvalue weighted by molar-refractivity contribution is -0.148. The van der Waals surface area contributed by atoms with Crippen LogP contribution in [0, 0.1) is 0 Å². The summed E-state index contributed by atoms with van der Waals surface area (Å²) in [7, 11) is 2.39. The van der Waals surface area contributed by atoms with Crippen LogP contribution in [0.5, 0.6) is 11.5 Å². The van der Waals surface area contributed by atoms with Gasteiger partial charge in [-0.05, 0) is 18.2 Å². The van der Waals surface area contributed by atoms with Gasteiger partial charge < -0.3 is 14.2 Å². The Morgan fingerprint density at radius 2 is 1.90 bits per heavy atom. The van der Waals surface area contributed by atoms with Crippen LogP contribution in [0.4, 0.5) is 17.6 Å². The van der Waals surface area contributed by atoms with Crippen molar-refractivity contribution in [2.24, 2.45) is 0 Å². The first-order valence-corrected chi connectivity index (χ1v) is 5.37. The second-order valence-electron chi connectivity index (χ2n) is 3.71. The van der Waals surface area contributed by atoms with Crippen LogP contribution < -0.4 is 9.47 Å². The molecule has 0 saturated carbocycles. The van der Waals surface area contributed by atoms with Crippen molar-refractivity contribution in [3.8, 4) is 11.5 Å². The first kappa shape index (κ1) is 16.1. The van der Waals surface area contributed by atoms with Crippen molar-refractivity contribution in [1.29, 1.82) is 0 Å². The predicted octanol–water partition coefficient (Wildman–Crippen LogP) is 2.76. The van der Waals surface area contributed by atoms with E-state index in [0.717, 1.165) is 6.07 Å². The molecule has 4 nitrogen and oxygen atoms in total. The monoisotopic (exact) mass is 296 g/mol. The molecule has 0 bridgehead atoms. The number of alkyl halides is 4. The lowest BCUT2D eigenvalue weighted by atomic mass is 10.2. The van der Waals surface area contributed by atoms with Gasteiger partial charge >= 0.3 is 18.3 Å². The molecule has 0 aromatic heterocycles. The van der Waals surface area contributed by atoms with Gasteiger partial charge in [0.15, 0.2) is 18.1 Å². The summed E-state index contributed by atoms with van der Waals surface area (Å²) in [6, 6.07) is 3.60. The zero-order chi connectivity index (χ0) is 15.3. The van der Waals surface area contributed by atoms with Crippen molar-refractivity contribution in [3.05, 3.63) is 23.8 Å². The Morgan fingerprint density at radius 1 is 1.25 bits per heavy atom. The van der Waals surface area contributed by atoms with Gasteiger partial charge in [0.1, 0.15) is 0 Å². The molecule has 20 heavy (non-hydrogen) atoms. The summed E-state index contributed by atoms with van der Waals surface area (Å²) < 4.78 is 63.4. The minimum absolute atomic E-state index is 0.0435. The number of hydrogen-bond acceptors (Lipinski definition) is 4. The predicted molar refractivity (Wildman–Crippen MR) is 60.8 cm³/mol. The SMILES string of the molecule is COC(=O)c1ccc(OCC(F)(F)C(F)F)c(OC)c1. The molecule has 0 heterocycles. The molecule has 0 N–H and O–H groups in total. The van der Waals surface area contributed by atoms with Crippen LogP contribution >= 0.6 is 0 Å². The van der Waals surface area contributed by atoms with Crippen LogP contribution in [0.1, 0.15) is 10.4 Å². The average molecular weight is 296 g/mol. The number of halogens is 4. The van der Waals surface area contributed by atoms with Gasteiger partial charge in [-0.3, -0.25) is 0 Å². The molecule has 0 saturated heterocycles. The van der Waals surface area contributed by atoms with E-state index in [1.54, 1.807) is 0 Å². The smallest absolute Gasteiger partial charge is 0.340 e. The molecule has 0 radical (unpaired) electrons. The fourth-order valence-electron chi connectivity index (χ4n) is 1.27. The molecule has 0 aliphatic rings. The second kappa shape index (κ2) is 6.44. The molecule has 0 aliphatic carbocycles. The van der Waals surface area contributed by atoms with Crippen molar-refractivity contribution < 1.29 is 36.6 Å². The molecule has 0 fully saturated rings. The normalized spacial score (nSPS) is 11.3. The quantitative estimate of drug-likeness (QED) is 0.598. The number of ether oxygens (including phenoxy) is 3. The lowest BCUT2D eigenvalue weighted by Crippen LogP contribution is -2.33. The van der Waals surface area contributed by atoms with Gasteiger partial charge in [0.25, 0.3) is 0 Å². The number of carbonyl (C=O) groups excluding carboxylic acids is 1. The van der Waals surface area contributed by atoms with Gasteiger partial charge in [0.2, 0.25) is 0 Å². The van der Waals surface area contributed by atoms with E-state index in [0.29, 0.717) is 0 Å². The Kier molecular flexibility index (Phi) is 5.18. The van der Waals surface area contributed by atoms with E-state index >= 15 is 0 Å². The molecule has 0 unspecified atom stereocenters. The van der Waals surface area contributed by atoms with E-state index in [1.807, 2.05) is 0 Å². The Hall–Kier alpha value is -1.99. The third-order valence-corrected chi connectivity index (χ3v) is 2.32. The maximum absolute atomic E-state index is 12.7. The largest absolute Gasteiger partial charge is 0.493 e. The van der Waals surface area contributed by atoms with Crippen molar-refractivity contribution in [1.82, 2.24) is 0 Å². The molecule has 0 amide bonds. The van der Waals surface area contributed by atoms with E-state index in [1.165, 1.54) is 26.4 Å². The highest BCUT2D eigenvalue weighted by Gasteiger charge is 2.41. The molecule has 0 aliphatic heterocycles. The van der Waals surface area contributed by atoms with Gasteiger partial charge in [-0.2, -0.15) is 8.78 Å². The average Bonchev–Trinajstić information content (AvgIpc) is 2.43. The summed E-state index contributed by atoms with van der Waals surface area (Å²) in [5, 5.41) is 0. The van der Waals surface area contributed by atoms with Crippen LogP contribution in [-0.4, -0.2) is 39.1 Å². The highest BCUT2D eigenvalue weighted by Crippen LogP contribution is 2.31. The third kappa shape index (κ3) is 3.75. The van der Waals surface area contributed by atoms with E-state index < -0.39 is 24.9 Å². The zero-order valence-corrected chi connectivity index (χ0v) is 10.7. The van der Waals surface area contributed by atoms with Gasteiger partial charge in [0.05, 0.1) is 19.8 Å². The first-order valence-electron chi connectivity index (χ1n) is 5.37. The number of esters is 1. The highest BCUT2D eigenvalue weighted by atomic mass is 19.3. The van der Waals surface area contributed by atoms with Crippen LogP contribution in [-0.2, 0) is 4.74 Å². The Balaban J connectivity index is 2.89. The first-order chi connectivity index (χ1) is 9.31. The highest BCUT2D eigenvalue weighted by molar-refractivity contribution is 5.90. The van der Waals surface area contributed by atoms with E-state index in [2.05, 4.69) is 9.47 Å². The molecular formula is C12H12F4O4. The number of rotatable bonds is 6. The number of carbonyl (C=O) groups is 1. The molecule has 8 heteroatoms. The van der Waals surface area contributed by atoms with Gasteiger partial charge in [-0.15, -0.1) is 0 Å². The van der Waals surface area contributed by atoms with E-state index in [-0.39, 0.29) is 17.1 Å². The molecule has 0 spiro atoms. The van der Waals surface area contributed by atoms with Crippen LogP contribution in [0.25, 0.3) is 0 Å². The topological polar surface area (TPSA) is 44.8 Å². The van der Waals surface area contributed by atoms with Crippen molar-refractivity contribution in [3.63, 3.8) is 0 Å². The third-order valence-electron chi connectivity index (χ3n) is 2.32. The molecule has 0 atom stereocenters. The number of methoxy groups -OCH3 is 2. The molecule has 1 aromatic rings. The van der Waals surface area contributed by atoms with E-state index in [9.17, 15) is 22.4 Å². The van der Waals surface area contributed by atoms with Gasteiger partial charge in [-0.1, -0.05) is 0 Å². The Labute approximate surface area is 112 Å². The minimum atomic E-state index is -4.27. The van der Waals surface area contributed by atoms with Crippen molar-refractivity contribution in [2.75, 3.05) is 20.8 Å². The molecular weight excluding hydrogens is 284 g/mol. The van der Waals surface area contributed by atoms with Crippen molar-refractivity contribution in [2.45, 2.75) is 12.3 Å². The molecule has 112 valence electrons. The number of hydrogen-bond donors (Lipinski definition) is 0. The summed E-state index contributed by atoms with van der Waals surface area (Å²) in [5.74, 6) is -5.15.